The van der Waals surface area contributed by atoms with Crippen molar-refractivity contribution in [1.82, 2.24) is 19.7 Å². The molecule has 9 heteroatoms. The number of amides is 1. The molecule has 27 heavy (non-hydrogen) atoms. The number of methoxy groups -OCH3 is 1. The zero-order chi connectivity index (χ0) is 19.1. The Balaban J connectivity index is 1.52. The van der Waals surface area contributed by atoms with Crippen molar-refractivity contribution in [2.24, 2.45) is 0 Å². The first kappa shape index (κ1) is 19.5. The van der Waals surface area contributed by atoms with Crippen LogP contribution in [0, 0.1) is 6.92 Å². The first-order valence-electron chi connectivity index (χ1n) is 8.44. The topological polar surface area (TPSA) is 81.9 Å². The predicted molar refractivity (Wildman–Crippen MR) is 107 cm³/mol. The van der Waals surface area contributed by atoms with Gasteiger partial charge in [0.05, 0.1) is 18.7 Å². The Hall–Kier alpha value is -2.23. The first-order valence-corrected chi connectivity index (χ1v) is 10.3. The Morgan fingerprint density at radius 1 is 1.37 bits per heavy atom. The summed E-state index contributed by atoms with van der Waals surface area (Å²) in [5.41, 5.74) is 2.81. The smallest absolute Gasteiger partial charge is 0.231 e. The molecule has 0 aliphatic heterocycles. The van der Waals surface area contributed by atoms with E-state index >= 15 is 0 Å². The third-order valence-electron chi connectivity index (χ3n) is 3.80. The minimum absolute atomic E-state index is 0.0582. The number of aromatic nitrogens is 4. The summed E-state index contributed by atoms with van der Waals surface area (Å²) in [6, 6.07) is 7.73. The summed E-state index contributed by atoms with van der Waals surface area (Å²) in [6.45, 7) is 3.30. The van der Waals surface area contributed by atoms with Crippen LogP contribution >= 0.6 is 23.1 Å². The monoisotopic (exact) mass is 403 g/mol. The van der Waals surface area contributed by atoms with Gasteiger partial charge in [0.25, 0.3) is 0 Å². The second-order valence-electron chi connectivity index (χ2n) is 5.86. The number of hydrogen-bond donors (Lipinski definition) is 1. The number of ether oxygens (including phenoxy) is 1. The Morgan fingerprint density at radius 3 is 3.04 bits per heavy atom. The molecule has 1 N–H and O–H groups in total. The number of anilines is 1. The van der Waals surface area contributed by atoms with Crippen LogP contribution in [0.3, 0.4) is 0 Å². The molecule has 0 spiro atoms. The Labute approximate surface area is 166 Å². The van der Waals surface area contributed by atoms with E-state index in [9.17, 15) is 4.79 Å². The van der Waals surface area contributed by atoms with Gasteiger partial charge in [0.2, 0.25) is 5.91 Å². The molecule has 0 radical (unpaired) electrons. The zero-order valence-electron chi connectivity index (χ0n) is 15.2. The second kappa shape index (κ2) is 9.63. The average molecular weight is 404 g/mol. The molecule has 0 aliphatic rings. The molecule has 0 saturated carbocycles. The molecular weight excluding hydrogens is 382 g/mol. The van der Waals surface area contributed by atoms with Crippen molar-refractivity contribution in [1.29, 1.82) is 0 Å². The predicted octanol–water partition coefficient (Wildman–Crippen LogP) is 3.16. The molecule has 1 amide bonds. The quantitative estimate of drug-likeness (QED) is 0.553. The van der Waals surface area contributed by atoms with Gasteiger partial charge in [-0.2, -0.15) is 0 Å². The van der Waals surface area contributed by atoms with Crippen LogP contribution in [0.25, 0.3) is 0 Å². The number of para-hydroxylation sites is 1. The van der Waals surface area contributed by atoms with Gasteiger partial charge in [0.1, 0.15) is 11.3 Å². The molecule has 0 aliphatic carbocycles. The lowest BCUT2D eigenvalue weighted by atomic mass is 10.2. The standard InChI is InChI=1S/C18H21N5O2S2/c1-13-5-3-4-6-15(13)21-16(24)9-17-20-14(10-26-17)11-27-18-22-19-12-23(18)7-8-25-2/h3-6,10,12H,7-9,11H2,1-2H3,(H,21,24). The van der Waals surface area contributed by atoms with Gasteiger partial charge in [-0.3, -0.25) is 4.79 Å². The number of thioether (sulfide) groups is 1. The van der Waals surface area contributed by atoms with Crippen LogP contribution in [0.1, 0.15) is 16.3 Å². The van der Waals surface area contributed by atoms with Crippen LogP contribution < -0.4 is 5.32 Å². The van der Waals surface area contributed by atoms with E-state index in [1.807, 2.05) is 41.1 Å². The molecule has 2 heterocycles. The maximum atomic E-state index is 12.2. The van der Waals surface area contributed by atoms with Crippen LogP contribution in [-0.4, -0.2) is 39.4 Å². The van der Waals surface area contributed by atoms with Gasteiger partial charge in [-0.05, 0) is 18.6 Å². The first-order chi connectivity index (χ1) is 13.2. The molecular formula is C18H21N5O2S2. The fourth-order valence-corrected chi connectivity index (χ4v) is 4.11. The minimum Gasteiger partial charge on any atom is -0.383 e. The van der Waals surface area contributed by atoms with Crippen LogP contribution in [0.2, 0.25) is 0 Å². The summed E-state index contributed by atoms with van der Waals surface area (Å²) in [4.78, 5) is 16.8. The second-order valence-corrected chi connectivity index (χ2v) is 7.75. The third kappa shape index (κ3) is 5.62. The maximum Gasteiger partial charge on any atom is 0.231 e. The van der Waals surface area contributed by atoms with E-state index in [-0.39, 0.29) is 12.3 Å². The Bertz CT molecular complexity index is 893. The Kier molecular flexibility index (Phi) is 6.97. The number of aryl methyl sites for hydroxylation is 1. The van der Waals surface area contributed by atoms with Gasteiger partial charge in [-0.25, -0.2) is 4.98 Å². The van der Waals surface area contributed by atoms with Crippen molar-refractivity contribution in [3.63, 3.8) is 0 Å². The molecule has 142 valence electrons. The molecule has 0 atom stereocenters. The molecule has 0 bridgehead atoms. The van der Waals surface area contributed by atoms with Crippen LogP contribution in [0.5, 0.6) is 0 Å². The highest BCUT2D eigenvalue weighted by molar-refractivity contribution is 7.98. The lowest BCUT2D eigenvalue weighted by molar-refractivity contribution is -0.115. The van der Waals surface area contributed by atoms with E-state index < -0.39 is 0 Å². The Morgan fingerprint density at radius 2 is 2.22 bits per heavy atom. The number of carbonyl (C=O) groups excluding carboxylic acids is 1. The number of nitrogens with one attached hydrogen (secondary N) is 1. The summed E-state index contributed by atoms with van der Waals surface area (Å²) < 4.78 is 7.04. The fraction of sp³-hybridized carbons (Fsp3) is 0.333. The van der Waals surface area contributed by atoms with Crippen LogP contribution in [0.4, 0.5) is 5.69 Å². The maximum absolute atomic E-state index is 12.2. The van der Waals surface area contributed by atoms with E-state index in [2.05, 4.69) is 20.5 Å². The van der Waals surface area contributed by atoms with Crippen LogP contribution in [-0.2, 0) is 28.2 Å². The van der Waals surface area contributed by atoms with Crippen molar-refractivity contribution in [3.05, 3.63) is 52.2 Å². The minimum atomic E-state index is -0.0582. The van der Waals surface area contributed by atoms with Gasteiger partial charge in [0, 0.05) is 30.5 Å². The van der Waals surface area contributed by atoms with Crippen molar-refractivity contribution < 1.29 is 9.53 Å². The number of thiazole rings is 1. The molecule has 3 aromatic rings. The summed E-state index contributed by atoms with van der Waals surface area (Å²) >= 11 is 3.07. The van der Waals surface area contributed by atoms with E-state index in [1.165, 1.54) is 11.3 Å². The number of carbonyl (C=O) groups is 1. The number of hydrogen-bond acceptors (Lipinski definition) is 7. The van der Waals surface area contributed by atoms with Crippen molar-refractivity contribution in [2.75, 3.05) is 19.0 Å². The summed E-state index contributed by atoms with van der Waals surface area (Å²) in [5.74, 6) is 0.624. The summed E-state index contributed by atoms with van der Waals surface area (Å²) in [6.07, 6.45) is 1.97. The number of rotatable bonds is 9. The lowest BCUT2D eigenvalue weighted by Gasteiger charge is -2.06. The normalized spacial score (nSPS) is 10.9. The molecule has 7 nitrogen and oxygen atoms in total. The van der Waals surface area contributed by atoms with Crippen molar-refractivity contribution in [3.8, 4) is 0 Å². The summed E-state index contributed by atoms with van der Waals surface area (Å²) in [5, 5.41) is 14.6. The highest BCUT2D eigenvalue weighted by atomic mass is 32.2. The zero-order valence-corrected chi connectivity index (χ0v) is 16.8. The van der Waals surface area contributed by atoms with Gasteiger partial charge in [0.15, 0.2) is 5.16 Å². The largest absolute Gasteiger partial charge is 0.383 e. The van der Waals surface area contributed by atoms with Gasteiger partial charge in [-0.1, -0.05) is 30.0 Å². The lowest BCUT2D eigenvalue weighted by Crippen LogP contribution is -2.15. The van der Waals surface area contributed by atoms with E-state index in [0.717, 1.165) is 27.1 Å². The fourth-order valence-electron chi connectivity index (χ4n) is 2.38. The van der Waals surface area contributed by atoms with E-state index in [4.69, 9.17) is 4.74 Å². The van der Waals surface area contributed by atoms with E-state index in [0.29, 0.717) is 18.9 Å². The average Bonchev–Trinajstić information content (AvgIpc) is 3.29. The highest BCUT2D eigenvalue weighted by Crippen LogP contribution is 2.22. The molecule has 1 aromatic carbocycles. The van der Waals surface area contributed by atoms with Gasteiger partial charge < -0.3 is 14.6 Å². The van der Waals surface area contributed by atoms with E-state index in [1.54, 1.807) is 25.2 Å². The van der Waals surface area contributed by atoms with Crippen molar-refractivity contribution >= 4 is 34.7 Å². The number of benzene rings is 1. The van der Waals surface area contributed by atoms with Crippen molar-refractivity contribution in [2.45, 2.75) is 30.8 Å². The number of nitrogens with zero attached hydrogens (tertiary/aromatic N) is 4. The molecule has 2 aromatic heterocycles. The molecule has 0 fully saturated rings. The van der Waals surface area contributed by atoms with Gasteiger partial charge >= 0.3 is 0 Å². The van der Waals surface area contributed by atoms with Crippen LogP contribution in [0.15, 0.2) is 41.1 Å². The molecule has 3 rings (SSSR count). The molecule has 0 saturated heterocycles. The molecule has 0 unspecified atom stereocenters. The highest BCUT2D eigenvalue weighted by Gasteiger charge is 2.11. The third-order valence-corrected chi connectivity index (χ3v) is 5.71. The SMILES string of the molecule is COCCn1cnnc1SCc1csc(CC(=O)Nc2ccccc2C)n1. The summed E-state index contributed by atoms with van der Waals surface area (Å²) in [7, 11) is 1.67. The van der Waals surface area contributed by atoms with Gasteiger partial charge in [-0.15, -0.1) is 21.5 Å².